The molecule has 2 aromatic carbocycles. The summed E-state index contributed by atoms with van der Waals surface area (Å²) >= 11 is 6.10. The minimum Gasteiger partial charge on any atom is -0.405 e. The van der Waals surface area contributed by atoms with Gasteiger partial charge in [0.1, 0.15) is 5.75 Å². The number of halogens is 4. The number of para-hydroxylation sites is 1. The standard InChI is InChI=1S/C15H13ClF3NO/c1-14(20,10-6-2-4-8-12(10)16)11-7-3-5-9-13(11)21-15(17,18)19/h2-9H,20H2,1H3. The maximum atomic E-state index is 12.5. The molecule has 1 unspecified atom stereocenters. The third kappa shape index (κ3) is 3.49. The average molecular weight is 316 g/mol. The first kappa shape index (κ1) is 15.7. The number of benzene rings is 2. The van der Waals surface area contributed by atoms with Crippen LogP contribution in [0.4, 0.5) is 13.2 Å². The lowest BCUT2D eigenvalue weighted by Crippen LogP contribution is -2.35. The van der Waals surface area contributed by atoms with Crippen molar-refractivity contribution in [3.8, 4) is 5.75 Å². The molecule has 0 spiro atoms. The van der Waals surface area contributed by atoms with Crippen molar-refractivity contribution in [2.75, 3.05) is 0 Å². The second-order valence-corrected chi connectivity index (χ2v) is 5.13. The van der Waals surface area contributed by atoms with Gasteiger partial charge in [-0.15, -0.1) is 13.2 Å². The Morgan fingerprint density at radius 3 is 2.05 bits per heavy atom. The molecule has 21 heavy (non-hydrogen) atoms. The molecule has 0 radical (unpaired) electrons. The predicted octanol–water partition coefficient (Wildman–Crippen LogP) is 4.46. The molecular formula is C15H13ClF3NO. The van der Waals surface area contributed by atoms with E-state index in [4.69, 9.17) is 17.3 Å². The van der Waals surface area contributed by atoms with Crippen LogP contribution in [0, 0.1) is 0 Å². The van der Waals surface area contributed by atoms with Gasteiger partial charge in [0, 0.05) is 10.6 Å². The molecule has 0 bridgehead atoms. The van der Waals surface area contributed by atoms with Crippen LogP contribution in [0.1, 0.15) is 18.1 Å². The summed E-state index contributed by atoms with van der Waals surface area (Å²) in [6.07, 6.45) is -4.79. The molecule has 0 aliphatic heterocycles. The van der Waals surface area contributed by atoms with Crippen molar-refractivity contribution in [3.63, 3.8) is 0 Å². The Kier molecular flexibility index (Phi) is 4.16. The third-order valence-electron chi connectivity index (χ3n) is 3.11. The zero-order chi connectivity index (χ0) is 15.7. The molecule has 0 fully saturated rings. The van der Waals surface area contributed by atoms with Gasteiger partial charge in [0.15, 0.2) is 0 Å². The molecule has 0 aliphatic rings. The highest BCUT2D eigenvalue weighted by molar-refractivity contribution is 6.31. The van der Waals surface area contributed by atoms with Crippen molar-refractivity contribution in [3.05, 3.63) is 64.7 Å². The van der Waals surface area contributed by atoms with Gasteiger partial charge >= 0.3 is 6.36 Å². The third-order valence-corrected chi connectivity index (χ3v) is 3.44. The Balaban J connectivity index is 2.53. The van der Waals surface area contributed by atoms with Crippen molar-refractivity contribution in [2.24, 2.45) is 5.73 Å². The molecule has 0 aromatic heterocycles. The van der Waals surface area contributed by atoms with Crippen LogP contribution in [0.25, 0.3) is 0 Å². The van der Waals surface area contributed by atoms with E-state index < -0.39 is 11.9 Å². The Morgan fingerprint density at radius 1 is 0.952 bits per heavy atom. The summed E-state index contributed by atoms with van der Waals surface area (Å²) < 4.78 is 41.6. The maximum absolute atomic E-state index is 12.5. The number of rotatable bonds is 3. The first-order chi connectivity index (χ1) is 9.72. The van der Waals surface area contributed by atoms with Crippen LogP contribution in [0.3, 0.4) is 0 Å². The van der Waals surface area contributed by atoms with Gasteiger partial charge in [-0.1, -0.05) is 48.0 Å². The van der Waals surface area contributed by atoms with Gasteiger partial charge in [-0.25, -0.2) is 0 Å². The van der Waals surface area contributed by atoms with Crippen LogP contribution in [0.2, 0.25) is 5.02 Å². The fourth-order valence-corrected chi connectivity index (χ4v) is 2.47. The van der Waals surface area contributed by atoms with E-state index in [2.05, 4.69) is 4.74 Å². The molecule has 2 rings (SSSR count). The molecular weight excluding hydrogens is 303 g/mol. The second-order valence-electron chi connectivity index (χ2n) is 4.73. The first-order valence-electron chi connectivity index (χ1n) is 6.11. The monoisotopic (exact) mass is 315 g/mol. The van der Waals surface area contributed by atoms with Crippen LogP contribution in [-0.4, -0.2) is 6.36 Å². The minimum atomic E-state index is -4.79. The van der Waals surface area contributed by atoms with Gasteiger partial charge in [-0.05, 0) is 24.6 Å². The summed E-state index contributed by atoms with van der Waals surface area (Å²) in [4.78, 5) is 0. The summed E-state index contributed by atoms with van der Waals surface area (Å²) in [5, 5.41) is 0.379. The van der Waals surface area contributed by atoms with Gasteiger partial charge in [-0.3, -0.25) is 0 Å². The summed E-state index contributed by atoms with van der Waals surface area (Å²) in [6.45, 7) is 1.59. The summed E-state index contributed by atoms with van der Waals surface area (Å²) in [5.74, 6) is -0.338. The van der Waals surface area contributed by atoms with E-state index in [9.17, 15) is 13.2 Å². The lowest BCUT2D eigenvalue weighted by molar-refractivity contribution is -0.275. The fourth-order valence-electron chi connectivity index (χ4n) is 2.14. The maximum Gasteiger partial charge on any atom is 0.573 e. The minimum absolute atomic E-state index is 0.204. The Labute approximate surface area is 125 Å². The van der Waals surface area contributed by atoms with Gasteiger partial charge in [0.05, 0.1) is 5.54 Å². The van der Waals surface area contributed by atoms with Crippen molar-refractivity contribution in [2.45, 2.75) is 18.8 Å². The average Bonchev–Trinajstić information content (AvgIpc) is 2.37. The van der Waals surface area contributed by atoms with Crippen molar-refractivity contribution < 1.29 is 17.9 Å². The number of hydrogen-bond acceptors (Lipinski definition) is 2. The molecule has 2 nitrogen and oxygen atoms in total. The van der Waals surface area contributed by atoms with Gasteiger partial charge in [-0.2, -0.15) is 0 Å². The van der Waals surface area contributed by atoms with Crippen LogP contribution >= 0.6 is 11.6 Å². The zero-order valence-corrected chi connectivity index (χ0v) is 11.9. The number of hydrogen-bond donors (Lipinski definition) is 1. The van der Waals surface area contributed by atoms with Gasteiger partial charge in [0.2, 0.25) is 0 Å². The molecule has 112 valence electrons. The second kappa shape index (κ2) is 5.58. The first-order valence-corrected chi connectivity index (χ1v) is 6.49. The molecule has 6 heteroatoms. The molecule has 0 aliphatic carbocycles. The Morgan fingerprint density at radius 2 is 1.48 bits per heavy atom. The molecule has 2 N–H and O–H groups in total. The Bertz CT molecular complexity index is 641. The highest BCUT2D eigenvalue weighted by Crippen LogP contribution is 2.38. The number of alkyl halides is 3. The highest BCUT2D eigenvalue weighted by Gasteiger charge is 2.35. The van der Waals surface area contributed by atoms with Gasteiger partial charge in [0.25, 0.3) is 0 Å². The summed E-state index contributed by atoms with van der Waals surface area (Å²) in [7, 11) is 0. The van der Waals surface area contributed by atoms with E-state index in [0.717, 1.165) is 0 Å². The molecule has 1 atom stereocenters. The smallest absolute Gasteiger partial charge is 0.405 e. The van der Waals surface area contributed by atoms with E-state index >= 15 is 0 Å². The largest absolute Gasteiger partial charge is 0.573 e. The highest BCUT2D eigenvalue weighted by atomic mass is 35.5. The van der Waals surface area contributed by atoms with Crippen LogP contribution in [0.15, 0.2) is 48.5 Å². The summed E-state index contributed by atoms with van der Waals surface area (Å²) in [6, 6.07) is 12.5. The van der Waals surface area contributed by atoms with Crippen LogP contribution < -0.4 is 10.5 Å². The van der Waals surface area contributed by atoms with Gasteiger partial charge < -0.3 is 10.5 Å². The lowest BCUT2D eigenvalue weighted by atomic mass is 9.85. The van der Waals surface area contributed by atoms with E-state index in [-0.39, 0.29) is 11.3 Å². The summed E-state index contributed by atoms with van der Waals surface area (Å²) in [5.41, 5.74) is 5.75. The molecule has 0 amide bonds. The normalized spacial score (nSPS) is 14.6. The molecule has 0 saturated heterocycles. The van der Waals surface area contributed by atoms with E-state index in [1.807, 2.05) is 0 Å². The van der Waals surface area contributed by atoms with Crippen molar-refractivity contribution in [1.82, 2.24) is 0 Å². The molecule has 0 heterocycles. The predicted molar refractivity (Wildman–Crippen MR) is 75.2 cm³/mol. The van der Waals surface area contributed by atoms with Crippen LogP contribution in [-0.2, 0) is 5.54 Å². The fraction of sp³-hybridized carbons (Fsp3) is 0.200. The number of ether oxygens (including phenoxy) is 1. The number of nitrogens with two attached hydrogens (primary N) is 1. The van der Waals surface area contributed by atoms with E-state index in [1.165, 1.54) is 18.2 Å². The SMILES string of the molecule is CC(N)(c1ccccc1Cl)c1ccccc1OC(F)(F)F. The molecule has 2 aromatic rings. The Hall–Kier alpha value is -1.72. The van der Waals surface area contributed by atoms with Crippen molar-refractivity contribution >= 4 is 11.6 Å². The quantitative estimate of drug-likeness (QED) is 0.907. The van der Waals surface area contributed by atoms with Crippen LogP contribution in [0.5, 0.6) is 5.75 Å². The van der Waals surface area contributed by atoms with E-state index in [0.29, 0.717) is 10.6 Å². The zero-order valence-electron chi connectivity index (χ0n) is 11.1. The van der Waals surface area contributed by atoms with Crippen molar-refractivity contribution in [1.29, 1.82) is 0 Å². The molecule has 0 saturated carbocycles. The lowest BCUT2D eigenvalue weighted by Gasteiger charge is -2.29. The van der Waals surface area contributed by atoms with E-state index in [1.54, 1.807) is 37.3 Å². The topological polar surface area (TPSA) is 35.2 Å².